The maximum atomic E-state index is 12.0. The summed E-state index contributed by atoms with van der Waals surface area (Å²) in [6, 6.07) is 0. The summed E-state index contributed by atoms with van der Waals surface area (Å²) in [7, 11) is 0. The van der Waals surface area contributed by atoms with Crippen molar-refractivity contribution in [2.75, 3.05) is 39.6 Å². The van der Waals surface area contributed by atoms with E-state index < -0.39 is 5.41 Å². The van der Waals surface area contributed by atoms with Crippen LogP contribution in [0.5, 0.6) is 0 Å². The SMILES string of the molecule is CCCCOCCOC(=O)C1(CN)CCOCC1. The molecule has 5 nitrogen and oxygen atoms in total. The second-order valence-electron chi connectivity index (χ2n) is 4.70. The van der Waals surface area contributed by atoms with Crippen LogP contribution in [0.25, 0.3) is 0 Å². The predicted octanol–water partition coefficient (Wildman–Crippen LogP) is 1.10. The van der Waals surface area contributed by atoms with Crippen molar-refractivity contribution in [3.05, 3.63) is 0 Å². The van der Waals surface area contributed by atoms with Gasteiger partial charge >= 0.3 is 5.97 Å². The van der Waals surface area contributed by atoms with Crippen molar-refractivity contribution in [1.82, 2.24) is 0 Å². The van der Waals surface area contributed by atoms with Gasteiger partial charge in [-0.25, -0.2) is 0 Å². The third-order valence-corrected chi connectivity index (χ3v) is 3.38. The second-order valence-corrected chi connectivity index (χ2v) is 4.70. The quantitative estimate of drug-likeness (QED) is 0.522. The highest BCUT2D eigenvalue weighted by molar-refractivity contribution is 5.77. The molecule has 0 aromatic rings. The minimum atomic E-state index is -0.540. The summed E-state index contributed by atoms with van der Waals surface area (Å²) in [5.41, 5.74) is 5.18. The lowest BCUT2D eigenvalue weighted by Crippen LogP contribution is -2.44. The minimum Gasteiger partial charge on any atom is -0.463 e. The number of unbranched alkanes of at least 4 members (excludes halogenated alkanes) is 1. The van der Waals surface area contributed by atoms with E-state index in [1.165, 1.54) is 0 Å². The first-order valence-corrected chi connectivity index (χ1v) is 6.78. The fourth-order valence-electron chi connectivity index (χ4n) is 1.95. The lowest BCUT2D eigenvalue weighted by atomic mass is 9.80. The molecule has 5 heteroatoms. The number of rotatable bonds is 8. The van der Waals surface area contributed by atoms with Crippen molar-refractivity contribution in [2.24, 2.45) is 11.1 Å². The van der Waals surface area contributed by atoms with E-state index in [4.69, 9.17) is 19.9 Å². The van der Waals surface area contributed by atoms with Gasteiger partial charge in [0.05, 0.1) is 12.0 Å². The lowest BCUT2D eigenvalue weighted by Gasteiger charge is -2.33. The summed E-state index contributed by atoms with van der Waals surface area (Å²) in [5.74, 6) is -0.201. The van der Waals surface area contributed by atoms with Gasteiger partial charge in [-0.05, 0) is 19.3 Å². The topological polar surface area (TPSA) is 70.8 Å². The Kier molecular flexibility index (Phi) is 7.23. The Bertz CT molecular complexity index is 239. The van der Waals surface area contributed by atoms with E-state index in [9.17, 15) is 4.79 Å². The largest absolute Gasteiger partial charge is 0.463 e. The molecule has 1 aliphatic heterocycles. The van der Waals surface area contributed by atoms with Crippen LogP contribution >= 0.6 is 0 Å². The molecule has 0 saturated carbocycles. The maximum absolute atomic E-state index is 12.0. The van der Waals surface area contributed by atoms with E-state index in [0.29, 0.717) is 45.8 Å². The Hall–Kier alpha value is -0.650. The van der Waals surface area contributed by atoms with Crippen molar-refractivity contribution in [1.29, 1.82) is 0 Å². The minimum absolute atomic E-state index is 0.201. The van der Waals surface area contributed by atoms with Crippen LogP contribution in [0, 0.1) is 5.41 Å². The molecule has 1 fully saturated rings. The number of esters is 1. The Morgan fingerprint density at radius 1 is 1.28 bits per heavy atom. The van der Waals surface area contributed by atoms with E-state index in [-0.39, 0.29) is 5.97 Å². The zero-order valence-corrected chi connectivity index (χ0v) is 11.3. The fraction of sp³-hybridized carbons (Fsp3) is 0.923. The molecule has 1 saturated heterocycles. The number of ether oxygens (including phenoxy) is 3. The first kappa shape index (κ1) is 15.4. The van der Waals surface area contributed by atoms with Crippen molar-refractivity contribution < 1.29 is 19.0 Å². The van der Waals surface area contributed by atoms with Gasteiger partial charge in [0.25, 0.3) is 0 Å². The summed E-state index contributed by atoms with van der Waals surface area (Å²) in [6.07, 6.45) is 3.45. The summed E-state index contributed by atoms with van der Waals surface area (Å²) in [6.45, 7) is 5.10. The van der Waals surface area contributed by atoms with Crippen molar-refractivity contribution in [2.45, 2.75) is 32.6 Å². The molecule has 0 unspecified atom stereocenters. The Morgan fingerprint density at radius 3 is 2.61 bits per heavy atom. The van der Waals surface area contributed by atoms with Gasteiger partial charge in [-0.15, -0.1) is 0 Å². The van der Waals surface area contributed by atoms with Crippen molar-refractivity contribution in [3.63, 3.8) is 0 Å². The molecular weight excluding hydrogens is 234 g/mol. The zero-order valence-electron chi connectivity index (χ0n) is 11.3. The van der Waals surface area contributed by atoms with Crippen LogP contribution in [0.3, 0.4) is 0 Å². The number of hydrogen-bond acceptors (Lipinski definition) is 5. The van der Waals surface area contributed by atoms with E-state index >= 15 is 0 Å². The van der Waals surface area contributed by atoms with Gasteiger partial charge in [0, 0.05) is 26.4 Å². The molecule has 0 atom stereocenters. The summed E-state index contributed by atoms with van der Waals surface area (Å²) >= 11 is 0. The van der Waals surface area contributed by atoms with Gasteiger partial charge in [0.15, 0.2) is 0 Å². The second kappa shape index (κ2) is 8.45. The molecule has 1 aliphatic rings. The molecule has 0 aromatic carbocycles. The van der Waals surface area contributed by atoms with E-state index in [1.54, 1.807) is 0 Å². The van der Waals surface area contributed by atoms with Crippen LogP contribution in [-0.2, 0) is 19.0 Å². The highest BCUT2D eigenvalue weighted by atomic mass is 16.6. The molecule has 0 amide bonds. The number of hydrogen-bond donors (Lipinski definition) is 1. The summed E-state index contributed by atoms with van der Waals surface area (Å²) in [4.78, 5) is 12.0. The summed E-state index contributed by atoms with van der Waals surface area (Å²) < 4.78 is 15.9. The van der Waals surface area contributed by atoms with Crippen LogP contribution in [0.2, 0.25) is 0 Å². The molecule has 18 heavy (non-hydrogen) atoms. The standard InChI is InChI=1S/C13H25NO4/c1-2-3-6-16-9-10-18-12(15)13(11-14)4-7-17-8-5-13/h2-11,14H2,1H3. The number of carbonyl (C=O) groups excluding carboxylic acids is 1. The van der Waals surface area contributed by atoms with E-state index in [0.717, 1.165) is 19.4 Å². The highest BCUT2D eigenvalue weighted by Crippen LogP contribution is 2.30. The molecule has 1 rings (SSSR count). The van der Waals surface area contributed by atoms with Crippen LogP contribution in [0.15, 0.2) is 0 Å². The lowest BCUT2D eigenvalue weighted by molar-refractivity contribution is -0.162. The third-order valence-electron chi connectivity index (χ3n) is 3.38. The zero-order chi connectivity index (χ0) is 13.3. The number of carbonyl (C=O) groups is 1. The molecule has 0 bridgehead atoms. The Balaban J connectivity index is 2.21. The molecule has 0 radical (unpaired) electrons. The first-order chi connectivity index (χ1) is 8.75. The normalized spacial score (nSPS) is 18.6. The van der Waals surface area contributed by atoms with Gasteiger partial charge in [-0.2, -0.15) is 0 Å². The number of nitrogens with two attached hydrogens (primary N) is 1. The van der Waals surface area contributed by atoms with Crippen LogP contribution in [0.1, 0.15) is 32.6 Å². The molecule has 0 aromatic heterocycles. The first-order valence-electron chi connectivity index (χ1n) is 6.78. The van der Waals surface area contributed by atoms with Crippen molar-refractivity contribution >= 4 is 5.97 Å². The van der Waals surface area contributed by atoms with Gasteiger partial charge in [0.2, 0.25) is 0 Å². The van der Waals surface area contributed by atoms with Crippen LogP contribution in [-0.4, -0.2) is 45.5 Å². The van der Waals surface area contributed by atoms with Crippen LogP contribution in [0.4, 0.5) is 0 Å². The van der Waals surface area contributed by atoms with Gasteiger partial charge in [0.1, 0.15) is 6.61 Å². The monoisotopic (exact) mass is 259 g/mol. The predicted molar refractivity (Wildman–Crippen MR) is 68.2 cm³/mol. The third kappa shape index (κ3) is 4.55. The average Bonchev–Trinajstić information content (AvgIpc) is 2.43. The van der Waals surface area contributed by atoms with E-state index in [2.05, 4.69) is 6.92 Å². The van der Waals surface area contributed by atoms with Crippen molar-refractivity contribution in [3.8, 4) is 0 Å². The van der Waals surface area contributed by atoms with Gasteiger partial charge < -0.3 is 19.9 Å². The molecule has 1 heterocycles. The molecule has 2 N–H and O–H groups in total. The van der Waals surface area contributed by atoms with Gasteiger partial charge in [-0.1, -0.05) is 13.3 Å². The molecule has 0 spiro atoms. The maximum Gasteiger partial charge on any atom is 0.313 e. The Labute approximate surface area is 109 Å². The molecule has 0 aliphatic carbocycles. The van der Waals surface area contributed by atoms with Crippen LogP contribution < -0.4 is 5.73 Å². The Morgan fingerprint density at radius 2 is 2.00 bits per heavy atom. The van der Waals surface area contributed by atoms with Gasteiger partial charge in [-0.3, -0.25) is 4.79 Å². The molecule has 106 valence electrons. The fourth-order valence-corrected chi connectivity index (χ4v) is 1.95. The summed E-state index contributed by atoms with van der Waals surface area (Å²) in [5, 5.41) is 0. The smallest absolute Gasteiger partial charge is 0.313 e. The van der Waals surface area contributed by atoms with E-state index in [1.807, 2.05) is 0 Å². The highest BCUT2D eigenvalue weighted by Gasteiger charge is 2.40. The molecular formula is C13H25NO4. The average molecular weight is 259 g/mol.